The minimum atomic E-state index is -0.118. The van der Waals surface area contributed by atoms with Crippen LogP contribution in [0, 0.1) is 13.8 Å². The van der Waals surface area contributed by atoms with E-state index in [1.807, 2.05) is 0 Å². The Hall–Kier alpha value is -1.80. The third-order valence-electron chi connectivity index (χ3n) is 4.06. The van der Waals surface area contributed by atoms with E-state index in [2.05, 4.69) is 50.2 Å². The van der Waals surface area contributed by atoms with Crippen LogP contribution in [-0.2, 0) is 6.42 Å². The first kappa shape index (κ1) is 12.2. The summed E-state index contributed by atoms with van der Waals surface area (Å²) < 4.78 is 5.76. The molecule has 1 aliphatic heterocycles. The third kappa shape index (κ3) is 2.02. The molecule has 2 aromatic carbocycles. The molecule has 0 fully saturated rings. The van der Waals surface area contributed by atoms with E-state index in [-0.39, 0.29) is 6.04 Å². The third-order valence-corrected chi connectivity index (χ3v) is 4.06. The van der Waals surface area contributed by atoms with Crippen LogP contribution in [0.1, 0.15) is 33.9 Å². The van der Waals surface area contributed by atoms with E-state index in [4.69, 9.17) is 10.5 Å². The molecule has 0 saturated carbocycles. The number of rotatable bonds is 2. The fourth-order valence-corrected chi connectivity index (χ4v) is 2.76. The first-order valence-corrected chi connectivity index (χ1v) is 6.75. The highest BCUT2D eigenvalue weighted by Crippen LogP contribution is 2.36. The van der Waals surface area contributed by atoms with Gasteiger partial charge in [0.05, 0.1) is 12.6 Å². The minimum Gasteiger partial charge on any atom is -0.493 e. The summed E-state index contributed by atoms with van der Waals surface area (Å²) in [5.74, 6) is 0.996. The molecule has 0 saturated heterocycles. The van der Waals surface area contributed by atoms with Gasteiger partial charge in [0.25, 0.3) is 0 Å². The van der Waals surface area contributed by atoms with Crippen molar-refractivity contribution < 1.29 is 4.74 Å². The molecule has 0 radical (unpaired) electrons. The Bertz CT molecular complexity index is 619. The molecule has 1 heterocycles. The van der Waals surface area contributed by atoms with Crippen molar-refractivity contribution in [2.75, 3.05) is 6.61 Å². The summed E-state index contributed by atoms with van der Waals surface area (Å²) in [6.45, 7) is 5.03. The monoisotopic (exact) mass is 253 g/mol. The summed E-state index contributed by atoms with van der Waals surface area (Å²) in [7, 11) is 0. The maximum atomic E-state index is 6.48. The lowest BCUT2D eigenvalue weighted by atomic mass is 9.92. The summed E-state index contributed by atoms with van der Waals surface area (Å²) in [5.41, 5.74) is 12.6. The number of nitrogens with two attached hydrogens (primary N) is 1. The Morgan fingerprint density at radius 2 is 1.79 bits per heavy atom. The highest BCUT2D eigenvalue weighted by atomic mass is 16.5. The largest absolute Gasteiger partial charge is 0.493 e. The Morgan fingerprint density at radius 3 is 2.63 bits per heavy atom. The SMILES string of the molecule is Cc1cccc(C(N)c2cccc3c2OCC3)c1C. The van der Waals surface area contributed by atoms with E-state index in [1.165, 1.54) is 22.3 Å². The zero-order valence-electron chi connectivity index (χ0n) is 11.4. The maximum absolute atomic E-state index is 6.48. The molecule has 2 heteroatoms. The Balaban J connectivity index is 2.08. The smallest absolute Gasteiger partial charge is 0.127 e. The first-order valence-electron chi connectivity index (χ1n) is 6.75. The van der Waals surface area contributed by atoms with Crippen LogP contribution >= 0.6 is 0 Å². The van der Waals surface area contributed by atoms with Gasteiger partial charge in [0.2, 0.25) is 0 Å². The van der Waals surface area contributed by atoms with Crippen molar-refractivity contribution in [2.45, 2.75) is 26.3 Å². The second-order valence-electron chi connectivity index (χ2n) is 5.20. The molecular formula is C17H19NO. The fourth-order valence-electron chi connectivity index (χ4n) is 2.76. The number of aryl methyl sites for hydroxylation is 1. The summed E-state index contributed by atoms with van der Waals surface area (Å²) in [6.07, 6.45) is 0.989. The van der Waals surface area contributed by atoms with E-state index < -0.39 is 0 Å². The number of benzene rings is 2. The number of hydrogen-bond acceptors (Lipinski definition) is 2. The second-order valence-corrected chi connectivity index (χ2v) is 5.20. The quantitative estimate of drug-likeness (QED) is 0.891. The van der Waals surface area contributed by atoms with Crippen LogP contribution in [0.25, 0.3) is 0 Å². The molecule has 0 amide bonds. The van der Waals surface area contributed by atoms with Crippen LogP contribution < -0.4 is 10.5 Å². The van der Waals surface area contributed by atoms with E-state index in [1.54, 1.807) is 0 Å². The predicted molar refractivity (Wildman–Crippen MR) is 77.6 cm³/mol. The van der Waals surface area contributed by atoms with Gasteiger partial charge in [0.15, 0.2) is 0 Å². The minimum absolute atomic E-state index is 0.118. The molecule has 1 unspecified atom stereocenters. The highest BCUT2D eigenvalue weighted by Gasteiger charge is 2.21. The van der Waals surface area contributed by atoms with Crippen LogP contribution in [0.15, 0.2) is 36.4 Å². The second kappa shape index (κ2) is 4.71. The van der Waals surface area contributed by atoms with Gasteiger partial charge < -0.3 is 10.5 Å². The molecule has 2 nitrogen and oxygen atoms in total. The van der Waals surface area contributed by atoms with E-state index in [0.29, 0.717) is 0 Å². The summed E-state index contributed by atoms with van der Waals surface area (Å²) in [5, 5.41) is 0. The molecule has 1 atom stereocenters. The first-order chi connectivity index (χ1) is 9.18. The summed E-state index contributed by atoms with van der Waals surface area (Å²) >= 11 is 0. The maximum Gasteiger partial charge on any atom is 0.127 e. The summed E-state index contributed by atoms with van der Waals surface area (Å²) in [4.78, 5) is 0. The molecule has 3 rings (SSSR count). The van der Waals surface area contributed by atoms with Crippen molar-refractivity contribution in [3.8, 4) is 5.75 Å². The van der Waals surface area contributed by atoms with Crippen molar-refractivity contribution in [1.29, 1.82) is 0 Å². The standard InChI is InChI=1S/C17H19NO/c1-11-5-3-7-14(12(11)2)16(18)15-8-4-6-13-9-10-19-17(13)15/h3-8,16H,9-10,18H2,1-2H3. The van der Waals surface area contributed by atoms with Gasteiger partial charge in [-0.2, -0.15) is 0 Å². The normalized spacial score (nSPS) is 14.9. The molecule has 19 heavy (non-hydrogen) atoms. The van der Waals surface area contributed by atoms with Crippen LogP contribution in [-0.4, -0.2) is 6.61 Å². The molecule has 0 aliphatic carbocycles. The van der Waals surface area contributed by atoms with Gasteiger partial charge in [0, 0.05) is 12.0 Å². The summed E-state index contributed by atoms with van der Waals surface area (Å²) in [6, 6.07) is 12.5. The van der Waals surface area contributed by atoms with Crippen molar-refractivity contribution in [3.63, 3.8) is 0 Å². The Labute approximate surface area is 114 Å². The predicted octanol–water partition coefficient (Wildman–Crippen LogP) is 3.29. The molecule has 0 aromatic heterocycles. The molecular weight excluding hydrogens is 234 g/mol. The zero-order chi connectivity index (χ0) is 13.4. The lowest BCUT2D eigenvalue weighted by Gasteiger charge is -2.19. The van der Waals surface area contributed by atoms with Gasteiger partial charge in [-0.25, -0.2) is 0 Å². The lowest BCUT2D eigenvalue weighted by Crippen LogP contribution is -2.14. The molecule has 1 aliphatic rings. The molecule has 2 aromatic rings. The zero-order valence-corrected chi connectivity index (χ0v) is 11.4. The Kier molecular flexibility index (Phi) is 3.03. The Morgan fingerprint density at radius 1 is 1.05 bits per heavy atom. The average Bonchev–Trinajstić information content (AvgIpc) is 2.89. The van der Waals surface area contributed by atoms with Gasteiger partial charge in [-0.15, -0.1) is 0 Å². The topological polar surface area (TPSA) is 35.2 Å². The van der Waals surface area contributed by atoms with Crippen LogP contribution in [0.4, 0.5) is 0 Å². The van der Waals surface area contributed by atoms with E-state index in [9.17, 15) is 0 Å². The molecule has 0 spiro atoms. The number of hydrogen-bond donors (Lipinski definition) is 1. The number of para-hydroxylation sites is 1. The molecule has 2 N–H and O–H groups in total. The molecule has 98 valence electrons. The van der Waals surface area contributed by atoms with Crippen molar-refractivity contribution in [2.24, 2.45) is 5.73 Å². The van der Waals surface area contributed by atoms with E-state index in [0.717, 1.165) is 24.3 Å². The van der Waals surface area contributed by atoms with Gasteiger partial charge in [0.1, 0.15) is 5.75 Å². The van der Waals surface area contributed by atoms with Crippen LogP contribution in [0.2, 0.25) is 0 Å². The highest BCUT2D eigenvalue weighted by molar-refractivity contribution is 5.50. The van der Waals surface area contributed by atoms with Crippen molar-refractivity contribution in [3.05, 3.63) is 64.2 Å². The van der Waals surface area contributed by atoms with Gasteiger partial charge in [-0.3, -0.25) is 0 Å². The van der Waals surface area contributed by atoms with Crippen molar-refractivity contribution in [1.82, 2.24) is 0 Å². The van der Waals surface area contributed by atoms with Crippen LogP contribution in [0.5, 0.6) is 5.75 Å². The number of ether oxygens (including phenoxy) is 1. The van der Waals surface area contributed by atoms with Crippen LogP contribution in [0.3, 0.4) is 0 Å². The van der Waals surface area contributed by atoms with Gasteiger partial charge in [-0.1, -0.05) is 36.4 Å². The van der Waals surface area contributed by atoms with Gasteiger partial charge >= 0.3 is 0 Å². The average molecular weight is 253 g/mol. The fraction of sp³-hybridized carbons (Fsp3) is 0.294. The van der Waals surface area contributed by atoms with E-state index >= 15 is 0 Å². The van der Waals surface area contributed by atoms with Gasteiger partial charge in [-0.05, 0) is 36.1 Å². The lowest BCUT2D eigenvalue weighted by molar-refractivity contribution is 0.352. The number of fused-ring (bicyclic) bond motifs is 1. The van der Waals surface area contributed by atoms with Crippen molar-refractivity contribution >= 4 is 0 Å². The molecule has 0 bridgehead atoms.